The first-order valence-electron chi connectivity index (χ1n) is 12.8. The minimum atomic E-state index is -3.76. The molecule has 6 atom stereocenters. The Morgan fingerprint density at radius 2 is 1.32 bits per heavy atom. The third-order valence-corrected chi connectivity index (χ3v) is 10.2. The number of hydrogen-bond donors (Lipinski definition) is 3. The average Bonchev–Trinajstić information content (AvgIpc) is 3.16. The van der Waals surface area contributed by atoms with Crippen LogP contribution in [0.1, 0.15) is 26.7 Å². The van der Waals surface area contributed by atoms with E-state index in [0.29, 0.717) is 19.4 Å². The fraction of sp³-hybridized carbons (Fsp3) is 0.583. The maximum atomic E-state index is 12.5. The molecule has 6 unspecified atom stereocenters. The Kier molecular flexibility index (Phi) is 11.0. The standard InChI is InChI=1S/C12H17N5O3S.C12H19N3O3S/c1-9-6-10(15-16-13)11(18)8-17(7-9)21(19,20)12-4-2-3-5-14-12;1-9-6-10(13)11(16)8-15(7-9)19(17,18)12-4-2-3-5-14-12/h2-5,9-11,18H,6-8H2,1H3;2-5,9-11,16H,6-8,13H2,1H3. The van der Waals surface area contributed by atoms with Crippen LogP contribution < -0.4 is 5.73 Å². The lowest BCUT2D eigenvalue weighted by atomic mass is 10.0. The SMILES string of the molecule is CC1CC(N)C(O)CN(S(=O)(=O)c2ccccn2)C1.CC1CC(N=[N+]=[N-])C(O)CN(S(=O)(=O)c2ccccn2)C1. The van der Waals surface area contributed by atoms with Gasteiger partial charge in [-0.3, -0.25) is 0 Å². The predicted octanol–water partition coefficient (Wildman–Crippen LogP) is 0.952. The molecule has 0 amide bonds. The van der Waals surface area contributed by atoms with Gasteiger partial charge < -0.3 is 15.9 Å². The van der Waals surface area contributed by atoms with Crippen molar-refractivity contribution in [3.63, 3.8) is 0 Å². The summed E-state index contributed by atoms with van der Waals surface area (Å²) in [7, 11) is -7.43. The van der Waals surface area contributed by atoms with Crippen LogP contribution in [0.2, 0.25) is 0 Å². The molecule has 4 rings (SSSR count). The summed E-state index contributed by atoms with van der Waals surface area (Å²) in [5, 5.41) is 23.5. The van der Waals surface area contributed by atoms with Crippen LogP contribution in [0.5, 0.6) is 0 Å². The third-order valence-electron chi connectivity index (χ3n) is 6.75. The van der Waals surface area contributed by atoms with Crippen LogP contribution in [-0.4, -0.2) is 96.1 Å². The Morgan fingerprint density at radius 1 is 0.850 bits per heavy atom. The van der Waals surface area contributed by atoms with Gasteiger partial charge in [0.25, 0.3) is 20.0 Å². The number of nitrogens with two attached hydrogens (primary N) is 1. The van der Waals surface area contributed by atoms with Gasteiger partial charge in [0, 0.05) is 49.5 Å². The van der Waals surface area contributed by atoms with E-state index in [9.17, 15) is 27.0 Å². The normalized spacial score (nSPS) is 28.7. The summed E-state index contributed by atoms with van der Waals surface area (Å²) in [6.07, 6.45) is 2.03. The van der Waals surface area contributed by atoms with E-state index in [-0.39, 0.29) is 47.6 Å². The summed E-state index contributed by atoms with van der Waals surface area (Å²) < 4.78 is 52.5. The number of aromatic nitrogens is 2. The zero-order valence-corrected chi connectivity index (χ0v) is 24.0. The first kappa shape index (κ1) is 31.8. The van der Waals surface area contributed by atoms with Gasteiger partial charge in [0.15, 0.2) is 10.1 Å². The Bertz CT molecular complexity index is 1360. The Morgan fingerprint density at radius 3 is 1.77 bits per heavy atom. The molecular weight excluding hydrogens is 560 g/mol. The van der Waals surface area contributed by atoms with Gasteiger partial charge in [0.1, 0.15) is 0 Å². The van der Waals surface area contributed by atoms with Crippen molar-refractivity contribution < 1.29 is 27.0 Å². The van der Waals surface area contributed by atoms with Crippen LogP contribution in [0.3, 0.4) is 0 Å². The number of rotatable bonds is 5. The number of aliphatic hydroxyl groups excluding tert-OH is 2. The Hall–Kier alpha value is -2.69. The number of sulfonamides is 2. The van der Waals surface area contributed by atoms with Gasteiger partial charge in [0.05, 0.1) is 18.2 Å². The molecule has 2 aromatic rings. The van der Waals surface area contributed by atoms with Crippen molar-refractivity contribution in [3.8, 4) is 0 Å². The van der Waals surface area contributed by atoms with E-state index >= 15 is 0 Å². The van der Waals surface area contributed by atoms with Gasteiger partial charge in [-0.05, 0) is 54.5 Å². The van der Waals surface area contributed by atoms with Crippen LogP contribution in [0.4, 0.5) is 0 Å². The number of aliphatic hydroxyl groups is 2. The van der Waals surface area contributed by atoms with E-state index < -0.39 is 38.3 Å². The molecule has 0 saturated carbocycles. The highest BCUT2D eigenvalue weighted by molar-refractivity contribution is 7.89. The zero-order chi connectivity index (χ0) is 29.5. The van der Waals surface area contributed by atoms with Crippen molar-refractivity contribution in [1.29, 1.82) is 0 Å². The van der Waals surface area contributed by atoms with Crippen molar-refractivity contribution in [2.24, 2.45) is 22.7 Å². The molecule has 0 spiro atoms. The molecule has 0 radical (unpaired) electrons. The number of pyridine rings is 2. The van der Waals surface area contributed by atoms with Gasteiger partial charge in [-0.1, -0.05) is 31.1 Å². The molecule has 0 aromatic carbocycles. The highest BCUT2D eigenvalue weighted by Gasteiger charge is 2.36. The summed E-state index contributed by atoms with van der Waals surface area (Å²) in [5.74, 6) is 0.0711. The van der Waals surface area contributed by atoms with E-state index in [0.717, 1.165) is 0 Å². The fourth-order valence-corrected chi connectivity index (χ4v) is 7.72. The molecule has 0 aliphatic carbocycles. The quantitative estimate of drug-likeness (QED) is 0.254. The van der Waals surface area contributed by atoms with Crippen LogP contribution in [0, 0.1) is 11.8 Å². The van der Waals surface area contributed by atoms with Crippen molar-refractivity contribution >= 4 is 20.0 Å². The van der Waals surface area contributed by atoms with Crippen LogP contribution in [0.15, 0.2) is 64.0 Å². The van der Waals surface area contributed by atoms with Gasteiger partial charge >= 0.3 is 0 Å². The third kappa shape index (κ3) is 7.95. The summed E-state index contributed by atoms with van der Waals surface area (Å²) in [4.78, 5) is 10.5. The molecule has 4 heterocycles. The molecule has 16 heteroatoms. The maximum absolute atomic E-state index is 12.5. The van der Waals surface area contributed by atoms with Crippen LogP contribution in [-0.2, 0) is 20.0 Å². The first-order chi connectivity index (χ1) is 18.9. The molecule has 2 fully saturated rings. The van der Waals surface area contributed by atoms with Gasteiger partial charge in [-0.15, -0.1) is 0 Å². The Balaban J connectivity index is 0.000000222. The smallest absolute Gasteiger partial charge is 0.260 e. The van der Waals surface area contributed by atoms with Crippen LogP contribution >= 0.6 is 0 Å². The van der Waals surface area contributed by atoms with Crippen molar-refractivity contribution in [2.45, 2.75) is 61.0 Å². The van der Waals surface area contributed by atoms with Crippen molar-refractivity contribution in [1.82, 2.24) is 18.6 Å². The molecule has 14 nitrogen and oxygen atoms in total. The van der Waals surface area contributed by atoms with E-state index in [1.807, 2.05) is 13.8 Å². The summed E-state index contributed by atoms with van der Waals surface area (Å²) in [6, 6.07) is 8.39. The van der Waals surface area contributed by atoms with Crippen molar-refractivity contribution in [3.05, 3.63) is 59.2 Å². The highest BCUT2D eigenvalue weighted by atomic mass is 32.2. The van der Waals surface area contributed by atoms with Gasteiger partial charge in [-0.2, -0.15) is 8.61 Å². The average molecular weight is 597 g/mol. The lowest BCUT2D eigenvalue weighted by Crippen LogP contribution is -2.42. The number of hydrogen-bond acceptors (Lipinski definition) is 10. The second-order valence-corrected chi connectivity index (χ2v) is 14.0. The van der Waals surface area contributed by atoms with E-state index in [1.165, 1.54) is 33.1 Å². The number of nitrogens with zero attached hydrogens (tertiary/aromatic N) is 7. The number of β-amino-alcohol motifs (C(OH)–C–C–N with tert-alkyl or cyclic N) is 2. The van der Waals surface area contributed by atoms with E-state index in [2.05, 4.69) is 20.0 Å². The lowest BCUT2D eigenvalue weighted by Gasteiger charge is -2.23. The monoisotopic (exact) mass is 596 g/mol. The Labute approximate surface area is 234 Å². The lowest BCUT2D eigenvalue weighted by molar-refractivity contribution is 0.130. The molecule has 40 heavy (non-hydrogen) atoms. The molecule has 2 saturated heterocycles. The highest BCUT2D eigenvalue weighted by Crippen LogP contribution is 2.25. The minimum Gasteiger partial charge on any atom is -0.391 e. The predicted molar refractivity (Wildman–Crippen MR) is 146 cm³/mol. The second kappa shape index (κ2) is 13.8. The van der Waals surface area contributed by atoms with Gasteiger partial charge in [-0.25, -0.2) is 26.8 Å². The topological polar surface area (TPSA) is 216 Å². The first-order valence-corrected chi connectivity index (χ1v) is 15.7. The molecule has 2 aliphatic heterocycles. The van der Waals surface area contributed by atoms with Gasteiger partial charge in [0.2, 0.25) is 0 Å². The summed E-state index contributed by atoms with van der Waals surface area (Å²) in [5.41, 5.74) is 14.3. The molecule has 0 bridgehead atoms. The zero-order valence-electron chi connectivity index (χ0n) is 22.4. The van der Waals surface area contributed by atoms with E-state index in [1.54, 1.807) is 24.3 Å². The van der Waals surface area contributed by atoms with Crippen molar-refractivity contribution in [2.75, 3.05) is 26.2 Å². The van der Waals surface area contributed by atoms with Crippen LogP contribution in [0.25, 0.3) is 10.4 Å². The largest absolute Gasteiger partial charge is 0.391 e. The minimum absolute atomic E-state index is 0.00451. The summed E-state index contributed by atoms with van der Waals surface area (Å²) >= 11 is 0. The molecule has 4 N–H and O–H groups in total. The molecule has 2 aromatic heterocycles. The van der Waals surface area contributed by atoms with E-state index in [4.69, 9.17) is 11.3 Å². The fourth-order valence-electron chi connectivity index (χ4n) is 4.71. The molecular formula is C24H36N8O6S2. The molecule has 2 aliphatic rings. The second-order valence-electron chi connectivity index (χ2n) is 10.2. The molecule has 220 valence electrons. The summed E-state index contributed by atoms with van der Waals surface area (Å²) in [6.45, 7) is 4.31. The maximum Gasteiger partial charge on any atom is 0.260 e. The number of azide groups is 1.